The third-order valence-corrected chi connectivity index (χ3v) is 5.92. The molecule has 26 heavy (non-hydrogen) atoms. The maximum absolute atomic E-state index is 14.3. The van der Waals surface area contributed by atoms with Gasteiger partial charge in [-0.2, -0.15) is 0 Å². The Morgan fingerprint density at radius 2 is 1.96 bits per heavy atom. The molecule has 3 aliphatic heterocycles. The Morgan fingerprint density at radius 1 is 1.19 bits per heavy atom. The fraction of sp³-hybridized carbons (Fsp3) is 0.500. The van der Waals surface area contributed by atoms with Crippen LogP contribution in [0, 0.1) is 18.7 Å². The second kappa shape index (κ2) is 6.83. The average Bonchev–Trinajstić information content (AvgIpc) is 2.66. The molecular weight excluding hydrogens is 331 g/mol. The van der Waals surface area contributed by atoms with Crippen LogP contribution in [0.1, 0.15) is 25.3 Å². The molecule has 2 aromatic rings. The predicted octanol–water partition coefficient (Wildman–Crippen LogP) is 3.49. The van der Waals surface area contributed by atoms with Gasteiger partial charge in [0.1, 0.15) is 17.4 Å². The monoisotopic (exact) mass is 356 g/mol. The highest BCUT2D eigenvalue weighted by Gasteiger charge is 2.39. The van der Waals surface area contributed by atoms with Crippen LogP contribution >= 0.6 is 0 Å². The van der Waals surface area contributed by atoms with E-state index < -0.39 is 0 Å². The van der Waals surface area contributed by atoms with Crippen LogP contribution in [0.25, 0.3) is 11.3 Å². The molecule has 3 saturated heterocycles. The van der Waals surface area contributed by atoms with Crippen LogP contribution in [0.5, 0.6) is 5.75 Å². The molecule has 2 bridgehead atoms. The van der Waals surface area contributed by atoms with Crippen molar-refractivity contribution in [2.24, 2.45) is 5.92 Å². The Morgan fingerprint density at radius 3 is 2.58 bits per heavy atom. The maximum atomic E-state index is 14.3. The molecule has 6 heteroatoms. The number of rotatable bonds is 4. The van der Waals surface area contributed by atoms with E-state index in [1.807, 2.05) is 19.1 Å². The predicted molar refractivity (Wildman–Crippen MR) is 99.9 cm³/mol. The van der Waals surface area contributed by atoms with E-state index in [9.17, 15) is 4.39 Å². The molecule has 0 unspecified atom stereocenters. The van der Waals surface area contributed by atoms with Crippen LogP contribution in [0.4, 0.5) is 10.2 Å². The number of aryl methyl sites for hydroxylation is 1. The van der Waals surface area contributed by atoms with Crippen LogP contribution in [0.3, 0.4) is 0 Å². The SMILES string of the molecule is COc1cc(-c2ccc(N[C@H]3C4CCN(CC4)[C@@H]3C)nn2)c(F)cc1C. The second-order valence-electron chi connectivity index (χ2n) is 7.39. The fourth-order valence-electron chi connectivity index (χ4n) is 4.34. The zero-order valence-corrected chi connectivity index (χ0v) is 15.5. The lowest BCUT2D eigenvalue weighted by atomic mass is 9.79. The van der Waals surface area contributed by atoms with Crippen molar-refractivity contribution in [1.29, 1.82) is 0 Å². The molecule has 5 rings (SSSR count). The molecule has 1 aromatic heterocycles. The topological polar surface area (TPSA) is 50.3 Å². The first-order chi connectivity index (χ1) is 12.6. The van der Waals surface area contributed by atoms with Gasteiger partial charge < -0.3 is 10.1 Å². The first-order valence-electron chi connectivity index (χ1n) is 9.25. The zero-order valence-electron chi connectivity index (χ0n) is 15.5. The molecule has 3 aliphatic rings. The minimum Gasteiger partial charge on any atom is -0.496 e. The van der Waals surface area contributed by atoms with E-state index in [-0.39, 0.29) is 5.82 Å². The molecular formula is C20H25FN4O. The zero-order chi connectivity index (χ0) is 18.3. The van der Waals surface area contributed by atoms with Crippen LogP contribution < -0.4 is 10.1 Å². The number of benzene rings is 1. The number of fused-ring (bicyclic) bond motifs is 3. The lowest BCUT2D eigenvalue weighted by molar-refractivity contribution is 0.0457. The largest absolute Gasteiger partial charge is 0.496 e. The minimum absolute atomic E-state index is 0.315. The van der Waals surface area contributed by atoms with Crippen LogP contribution in [-0.2, 0) is 0 Å². The highest BCUT2D eigenvalue weighted by Crippen LogP contribution is 2.34. The molecule has 138 valence electrons. The Bertz CT molecular complexity index is 785. The molecule has 0 radical (unpaired) electrons. The van der Waals surface area contributed by atoms with Gasteiger partial charge in [0, 0.05) is 17.6 Å². The van der Waals surface area contributed by atoms with Gasteiger partial charge in [0.05, 0.1) is 12.8 Å². The van der Waals surface area contributed by atoms with Crippen molar-refractivity contribution in [3.63, 3.8) is 0 Å². The summed E-state index contributed by atoms with van der Waals surface area (Å²) in [6, 6.07) is 7.75. The normalized spacial score (nSPS) is 27.4. The summed E-state index contributed by atoms with van der Waals surface area (Å²) in [6.07, 6.45) is 2.48. The van der Waals surface area contributed by atoms with Gasteiger partial charge >= 0.3 is 0 Å². The molecule has 0 amide bonds. The van der Waals surface area contributed by atoms with Crippen LogP contribution in [0.15, 0.2) is 24.3 Å². The van der Waals surface area contributed by atoms with Gasteiger partial charge in [-0.05, 0) is 75.5 Å². The van der Waals surface area contributed by atoms with Crippen molar-refractivity contribution in [2.45, 2.75) is 38.8 Å². The Kier molecular flexibility index (Phi) is 4.53. The van der Waals surface area contributed by atoms with Gasteiger partial charge in [-0.1, -0.05) is 0 Å². The number of aromatic nitrogens is 2. The van der Waals surface area contributed by atoms with E-state index in [0.29, 0.717) is 35.0 Å². The Balaban J connectivity index is 1.54. The number of hydrogen-bond acceptors (Lipinski definition) is 5. The van der Waals surface area contributed by atoms with E-state index in [1.165, 1.54) is 32.0 Å². The number of ether oxygens (including phenoxy) is 1. The van der Waals surface area contributed by atoms with Crippen molar-refractivity contribution in [1.82, 2.24) is 15.1 Å². The van der Waals surface area contributed by atoms with Crippen molar-refractivity contribution < 1.29 is 9.13 Å². The maximum Gasteiger partial charge on any atom is 0.148 e. The average molecular weight is 356 g/mol. The molecule has 0 aliphatic carbocycles. The summed E-state index contributed by atoms with van der Waals surface area (Å²) in [5.74, 6) is 1.77. The van der Waals surface area contributed by atoms with E-state index in [2.05, 4.69) is 27.3 Å². The quantitative estimate of drug-likeness (QED) is 0.909. The summed E-state index contributed by atoms with van der Waals surface area (Å²) < 4.78 is 19.6. The fourth-order valence-corrected chi connectivity index (χ4v) is 4.34. The molecule has 2 atom stereocenters. The van der Waals surface area contributed by atoms with Crippen molar-refractivity contribution in [3.8, 4) is 17.0 Å². The van der Waals surface area contributed by atoms with Gasteiger partial charge in [0.25, 0.3) is 0 Å². The highest BCUT2D eigenvalue weighted by atomic mass is 19.1. The van der Waals surface area contributed by atoms with Crippen LogP contribution in [0.2, 0.25) is 0 Å². The van der Waals surface area contributed by atoms with Crippen molar-refractivity contribution >= 4 is 5.82 Å². The summed E-state index contributed by atoms with van der Waals surface area (Å²) >= 11 is 0. The Hall–Kier alpha value is -2.21. The van der Waals surface area contributed by atoms with Crippen LogP contribution in [-0.4, -0.2) is 47.4 Å². The van der Waals surface area contributed by atoms with E-state index in [1.54, 1.807) is 13.2 Å². The molecule has 5 nitrogen and oxygen atoms in total. The second-order valence-corrected chi connectivity index (χ2v) is 7.39. The first-order valence-corrected chi connectivity index (χ1v) is 9.25. The third-order valence-electron chi connectivity index (χ3n) is 5.92. The van der Waals surface area contributed by atoms with Gasteiger partial charge in [0.15, 0.2) is 0 Å². The summed E-state index contributed by atoms with van der Waals surface area (Å²) in [6.45, 7) is 6.49. The molecule has 1 aromatic carbocycles. The summed E-state index contributed by atoms with van der Waals surface area (Å²) in [7, 11) is 1.58. The number of methoxy groups -OCH3 is 1. The van der Waals surface area contributed by atoms with Gasteiger partial charge in [0.2, 0.25) is 0 Å². The van der Waals surface area contributed by atoms with E-state index in [0.717, 1.165) is 11.4 Å². The number of hydrogen-bond donors (Lipinski definition) is 1. The van der Waals surface area contributed by atoms with E-state index >= 15 is 0 Å². The molecule has 3 fully saturated rings. The van der Waals surface area contributed by atoms with Crippen molar-refractivity contribution in [3.05, 3.63) is 35.6 Å². The van der Waals surface area contributed by atoms with E-state index in [4.69, 9.17) is 4.74 Å². The highest BCUT2D eigenvalue weighted by molar-refractivity contribution is 5.63. The number of nitrogens with one attached hydrogen (secondary N) is 1. The number of halogens is 1. The standard InChI is InChI=1S/C20H25FN4O/c1-12-10-16(21)15(11-18(12)26-3)17-4-5-19(24-23-17)22-20-13(2)25-8-6-14(20)7-9-25/h4-5,10-11,13-14,20H,6-9H2,1-3H3,(H,22,24)/t13-,20-/m1/s1. The molecule has 0 spiro atoms. The van der Waals surface area contributed by atoms with Gasteiger partial charge in [-0.25, -0.2) is 4.39 Å². The molecule has 4 heterocycles. The lowest BCUT2D eigenvalue weighted by Crippen LogP contribution is -2.59. The van der Waals surface area contributed by atoms with Crippen molar-refractivity contribution in [2.75, 3.05) is 25.5 Å². The molecule has 0 saturated carbocycles. The summed E-state index contributed by atoms with van der Waals surface area (Å²) in [4.78, 5) is 2.54. The third kappa shape index (κ3) is 3.03. The summed E-state index contributed by atoms with van der Waals surface area (Å²) in [5, 5.41) is 12.1. The van der Waals surface area contributed by atoms with Gasteiger partial charge in [-0.15, -0.1) is 10.2 Å². The minimum atomic E-state index is -0.315. The lowest BCUT2D eigenvalue weighted by Gasteiger charge is -2.50. The summed E-state index contributed by atoms with van der Waals surface area (Å²) in [5.41, 5.74) is 1.67. The Labute approximate surface area is 153 Å². The number of nitrogens with zero attached hydrogens (tertiary/aromatic N) is 3. The first kappa shape index (κ1) is 17.2. The van der Waals surface area contributed by atoms with Gasteiger partial charge in [-0.3, -0.25) is 4.90 Å². The number of piperidine rings is 3. The smallest absolute Gasteiger partial charge is 0.148 e. The molecule has 1 N–H and O–H groups in total. The number of anilines is 1.